The van der Waals surface area contributed by atoms with Crippen molar-refractivity contribution in [3.8, 4) is 17.2 Å². The van der Waals surface area contributed by atoms with Crippen LogP contribution in [-0.4, -0.2) is 52.4 Å². The van der Waals surface area contributed by atoms with Crippen molar-refractivity contribution >= 4 is 23.2 Å². The number of fused-ring (bicyclic) bond motifs is 1. The first-order valence-electron chi connectivity index (χ1n) is 9.23. The molecule has 0 radical (unpaired) electrons. The van der Waals surface area contributed by atoms with Crippen molar-refractivity contribution < 1.29 is 28.5 Å². The zero-order valence-electron chi connectivity index (χ0n) is 16.5. The highest BCUT2D eigenvalue weighted by Gasteiger charge is 2.25. The molecule has 2 aromatic carbocycles. The van der Waals surface area contributed by atoms with Gasteiger partial charge in [-0.15, -0.1) is 0 Å². The van der Waals surface area contributed by atoms with Gasteiger partial charge < -0.3 is 29.2 Å². The number of rotatable bonds is 9. The summed E-state index contributed by atoms with van der Waals surface area (Å²) in [7, 11) is 3.07. The number of hydrogen-bond donors (Lipinski definition) is 1. The highest BCUT2D eigenvalue weighted by molar-refractivity contribution is 5.99. The zero-order valence-corrected chi connectivity index (χ0v) is 16.5. The van der Waals surface area contributed by atoms with E-state index in [9.17, 15) is 9.59 Å². The Morgan fingerprint density at radius 1 is 1.14 bits per heavy atom. The minimum atomic E-state index is -0.269. The lowest BCUT2D eigenvalue weighted by Gasteiger charge is -2.29. The highest BCUT2D eigenvalue weighted by Crippen LogP contribution is 2.34. The van der Waals surface area contributed by atoms with Crippen molar-refractivity contribution in [3.05, 3.63) is 42.5 Å². The number of anilines is 2. The molecule has 1 aliphatic heterocycles. The predicted octanol–water partition coefficient (Wildman–Crippen LogP) is 2.47. The van der Waals surface area contributed by atoms with Gasteiger partial charge in [-0.1, -0.05) is 0 Å². The maximum atomic E-state index is 12.4. The average Bonchev–Trinajstić information content (AvgIpc) is 2.73. The molecular formula is C21H24N2O6. The van der Waals surface area contributed by atoms with Crippen LogP contribution in [0.4, 0.5) is 11.4 Å². The molecule has 0 aromatic heterocycles. The average molecular weight is 400 g/mol. The summed E-state index contributed by atoms with van der Waals surface area (Å²) in [4.78, 5) is 25.8. The molecule has 1 heterocycles. The van der Waals surface area contributed by atoms with Crippen molar-refractivity contribution in [2.24, 2.45) is 0 Å². The molecule has 29 heavy (non-hydrogen) atoms. The summed E-state index contributed by atoms with van der Waals surface area (Å²) in [6.45, 7) is 0.873. The van der Waals surface area contributed by atoms with Crippen molar-refractivity contribution in [1.82, 2.24) is 0 Å². The van der Waals surface area contributed by atoms with Crippen LogP contribution in [0.2, 0.25) is 0 Å². The summed E-state index contributed by atoms with van der Waals surface area (Å²) in [6, 6.07) is 12.5. The summed E-state index contributed by atoms with van der Waals surface area (Å²) >= 11 is 0. The number of benzene rings is 2. The number of nitrogens with one attached hydrogen (secondary N) is 1. The van der Waals surface area contributed by atoms with Crippen LogP contribution in [0.25, 0.3) is 0 Å². The Bertz CT molecular complexity index is 853. The van der Waals surface area contributed by atoms with E-state index in [0.29, 0.717) is 36.7 Å². The molecule has 8 heteroatoms. The second kappa shape index (κ2) is 9.79. The Morgan fingerprint density at radius 2 is 1.90 bits per heavy atom. The van der Waals surface area contributed by atoms with E-state index in [4.69, 9.17) is 18.9 Å². The second-order valence-corrected chi connectivity index (χ2v) is 6.38. The molecule has 1 N–H and O–H groups in total. The van der Waals surface area contributed by atoms with Crippen LogP contribution in [0.3, 0.4) is 0 Å². The standard InChI is InChI=1S/C21H24N2O6/c1-26-13-20(24)22-15-4-9-19-18(12-15)23(21(25)14-29-19)10-3-11-28-17-7-5-16(27-2)6-8-17/h4-9,12H,3,10-11,13-14H2,1-2H3,(H,22,24). The van der Waals surface area contributed by atoms with Crippen LogP contribution in [0, 0.1) is 0 Å². The molecule has 8 nitrogen and oxygen atoms in total. The van der Waals surface area contributed by atoms with Crippen LogP contribution in [0.15, 0.2) is 42.5 Å². The first kappa shape index (κ1) is 20.5. The fraction of sp³-hybridized carbons (Fsp3) is 0.333. The Labute approximate surface area is 169 Å². The number of hydrogen-bond acceptors (Lipinski definition) is 6. The van der Waals surface area contributed by atoms with Gasteiger partial charge in [0, 0.05) is 19.3 Å². The zero-order chi connectivity index (χ0) is 20.6. The van der Waals surface area contributed by atoms with E-state index in [2.05, 4.69) is 5.32 Å². The van der Waals surface area contributed by atoms with Crippen LogP contribution in [-0.2, 0) is 14.3 Å². The van der Waals surface area contributed by atoms with E-state index in [0.717, 1.165) is 11.5 Å². The molecule has 0 bridgehead atoms. The Balaban J connectivity index is 1.60. The lowest BCUT2D eigenvalue weighted by molar-refractivity contribution is -0.121. The van der Waals surface area contributed by atoms with Crippen LogP contribution in [0.5, 0.6) is 17.2 Å². The molecule has 154 valence electrons. The van der Waals surface area contributed by atoms with Gasteiger partial charge in [-0.3, -0.25) is 9.59 Å². The van der Waals surface area contributed by atoms with Gasteiger partial charge in [-0.05, 0) is 48.9 Å². The summed E-state index contributed by atoms with van der Waals surface area (Å²) in [5.41, 5.74) is 1.20. The van der Waals surface area contributed by atoms with Crippen LogP contribution < -0.4 is 24.4 Å². The highest BCUT2D eigenvalue weighted by atomic mass is 16.5. The quantitative estimate of drug-likeness (QED) is 0.651. The van der Waals surface area contributed by atoms with Crippen molar-refractivity contribution in [2.45, 2.75) is 6.42 Å². The maximum Gasteiger partial charge on any atom is 0.265 e. The fourth-order valence-corrected chi connectivity index (χ4v) is 2.94. The molecule has 2 amide bonds. The molecule has 0 saturated carbocycles. The molecule has 3 rings (SSSR count). The maximum absolute atomic E-state index is 12.4. The molecule has 2 aromatic rings. The van der Waals surface area contributed by atoms with Gasteiger partial charge in [0.15, 0.2) is 6.61 Å². The van der Waals surface area contributed by atoms with Gasteiger partial charge >= 0.3 is 0 Å². The first-order valence-corrected chi connectivity index (χ1v) is 9.23. The molecule has 1 aliphatic rings. The molecule has 0 atom stereocenters. The summed E-state index contributed by atoms with van der Waals surface area (Å²) in [6.07, 6.45) is 0.636. The predicted molar refractivity (Wildman–Crippen MR) is 108 cm³/mol. The number of amides is 2. The third kappa shape index (κ3) is 5.39. The van der Waals surface area contributed by atoms with E-state index in [1.807, 2.05) is 24.3 Å². The van der Waals surface area contributed by atoms with Crippen LogP contribution >= 0.6 is 0 Å². The van der Waals surface area contributed by atoms with E-state index >= 15 is 0 Å². The summed E-state index contributed by atoms with van der Waals surface area (Å²) in [5.74, 6) is 1.70. The van der Waals surface area contributed by atoms with E-state index in [1.165, 1.54) is 7.11 Å². The molecule has 0 aliphatic carbocycles. The largest absolute Gasteiger partial charge is 0.497 e. The van der Waals surface area contributed by atoms with Crippen molar-refractivity contribution in [1.29, 1.82) is 0 Å². The molecule has 0 spiro atoms. The Hall–Kier alpha value is -3.26. The number of ether oxygens (including phenoxy) is 4. The van der Waals surface area contributed by atoms with Gasteiger partial charge in [0.1, 0.15) is 23.9 Å². The van der Waals surface area contributed by atoms with Crippen LogP contribution in [0.1, 0.15) is 6.42 Å². The van der Waals surface area contributed by atoms with Gasteiger partial charge in [-0.2, -0.15) is 0 Å². The SMILES string of the molecule is COCC(=O)Nc1ccc2c(c1)N(CCCOc1ccc(OC)cc1)C(=O)CO2. The minimum Gasteiger partial charge on any atom is -0.497 e. The van der Waals surface area contributed by atoms with E-state index in [-0.39, 0.29) is 25.0 Å². The van der Waals surface area contributed by atoms with Gasteiger partial charge in [-0.25, -0.2) is 0 Å². The normalized spacial score (nSPS) is 12.8. The molecule has 0 unspecified atom stereocenters. The van der Waals surface area contributed by atoms with Gasteiger partial charge in [0.2, 0.25) is 5.91 Å². The third-order valence-corrected chi connectivity index (χ3v) is 4.32. The Kier molecular flexibility index (Phi) is 6.91. The third-order valence-electron chi connectivity index (χ3n) is 4.32. The first-order chi connectivity index (χ1) is 14.1. The smallest absolute Gasteiger partial charge is 0.265 e. The Morgan fingerprint density at radius 3 is 2.62 bits per heavy atom. The summed E-state index contributed by atoms with van der Waals surface area (Å²) in [5, 5.41) is 2.73. The number of carbonyl (C=O) groups is 2. The van der Waals surface area contributed by atoms with Crippen molar-refractivity contribution in [2.75, 3.05) is 50.8 Å². The lowest BCUT2D eigenvalue weighted by atomic mass is 10.2. The monoisotopic (exact) mass is 400 g/mol. The molecular weight excluding hydrogens is 376 g/mol. The summed E-state index contributed by atoms with van der Waals surface area (Å²) < 4.78 is 21.2. The lowest BCUT2D eigenvalue weighted by Crippen LogP contribution is -2.39. The fourth-order valence-electron chi connectivity index (χ4n) is 2.94. The molecule has 0 fully saturated rings. The van der Waals surface area contributed by atoms with E-state index in [1.54, 1.807) is 30.2 Å². The van der Waals surface area contributed by atoms with Gasteiger partial charge in [0.25, 0.3) is 5.91 Å². The number of methoxy groups -OCH3 is 2. The van der Waals surface area contributed by atoms with Crippen molar-refractivity contribution in [3.63, 3.8) is 0 Å². The number of nitrogens with zero attached hydrogens (tertiary/aromatic N) is 1. The second-order valence-electron chi connectivity index (χ2n) is 6.38. The number of carbonyl (C=O) groups excluding carboxylic acids is 2. The topological polar surface area (TPSA) is 86.3 Å². The minimum absolute atomic E-state index is 0.0122. The van der Waals surface area contributed by atoms with E-state index < -0.39 is 0 Å². The molecule has 0 saturated heterocycles. The van der Waals surface area contributed by atoms with Gasteiger partial charge in [0.05, 0.1) is 19.4 Å².